The minimum absolute atomic E-state index is 0.101. The highest BCUT2D eigenvalue weighted by Crippen LogP contribution is 2.29. The van der Waals surface area contributed by atoms with E-state index in [0.29, 0.717) is 22.9 Å². The highest BCUT2D eigenvalue weighted by molar-refractivity contribution is 8.13. The van der Waals surface area contributed by atoms with Gasteiger partial charge in [-0.1, -0.05) is 12.1 Å². The summed E-state index contributed by atoms with van der Waals surface area (Å²) in [5.74, 6) is 0.644. The Hall–Kier alpha value is -2.84. The van der Waals surface area contributed by atoms with E-state index in [9.17, 15) is 9.59 Å². The average molecular weight is 442 g/mol. The van der Waals surface area contributed by atoms with Gasteiger partial charge in [-0.15, -0.1) is 11.3 Å². The number of carbonyl (C=O) groups excluding carboxylic acids is 2. The van der Waals surface area contributed by atoms with Crippen LogP contribution in [0.2, 0.25) is 0 Å². The van der Waals surface area contributed by atoms with Crippen LogP contribution in [-0.4, -0.2) is 41.7 Å². The Kier molecular flexibility index (Phi) is 7.48. The lowest BCUT2D eigenvalue weighted by atomic mass is 10.2. The third-order valence-electron chi connectivity index (χ3n) is 4.03. The van der Waals surface area contributed by atoms with Crippen molar-refractivity contribution in [2.75, 3.05) is 26.0 Å². The highest BCUT2D eigenvalue weighted by atomic mass is 32.2. The summed E-state index contributed by atoms with van der Waals surface area (Å²) >= 11 is 2.58. The first kappa shape index (κ1) is 21.9. The minimum atomic E-state index is -0.177. The number of thioether (sulfide) groups is 1. The number of nitrogens with zero attached hydrogens (tertiary/aromatic N) is 2. The van der Waals surface area contributed by atoms with Crippen LogP contribution in [0.25, 0.3) is 10.6 Å². The number of hydrogen-bond acceptors (Lipinski definition) is 6. The predicted molar refractivity (Wildman–Crippen MR) is 122 cm³/mol. The van der Waals surface area contributed by atoms with Crippen molar-refractivity contribution in [3.05, 3.63) is 59.6 Å². The van der Waals surface area contributed by atoms with Crippen LogP contribution >= 0.6 is 23.1 Å². The molecule has 6 nitrogen and oxygen atoms in total. The summed E-state index contributed by atoms with van der Waals surface area (Å²) in [6, 6.07) is 15.0. The first-order chi connectivity index (χ1) is 14.5. The molecular formula is C22H23N3O3S2. The van der Waals surface area contributed by atoms with Gasteiger partial charge in [0.1, 0.15) is 10.8 Å². The van der Waals surface area contributed by atoms with Gasteiger partial charge in [0.25, 0.3) is 5.24 Å². The zero-order valence-electron chi connectivity index (χ0n) is 17.0. The van der Waals surface area contributed by atoms with Gasteiger partial charge < -0.3 is 15.0 Å². The van der Waals surface area contributed by atoms with E-state index in [4.69, 9.17) is 4.74 Å². The van der Waals surface area contributed by atoms with Gasteiger partial charge >= 0.3 is 0 Å². The van der Waals surface area contributed by atoms with Gasteiger partial charge in [-0.2, -0.15) is 0 Å². The number of hydrogen-bond donors (Lipinski definition) is 1. The van der Waals surface area contributed by atoms with Crippen LogP contribution in [0.3, 0.4) is 0 Å². The quantitative estimate of drug-likeness (QED) is 0.513. The fraction of sp³-hybridized carbons (Fsp3) is 0.227. The molecule has 156 valence electrons. The molecule has 0 aliphatic heterocycles. The average Bonchev–Trinajstić information content (AvgIpc) is 3.18. The Balaban J connectivity index is 1.64. The van der Waals surface area contributed by atoms with E-state index < -0.39 is 0 Å². The maximum Gasteiger partial charge on any atom is 0.286 e. The maximum absolute atomic E-state index is 12.5. The molecule has 2 aromatic carbocycles. The number of nitrogens with one attached hydrogen (secondary N) is 1. The summed E-state index contributed by atoms with van der Waals surface area (Å²) in [7, 11) is 3.39. The molecule has 30 heavy (non-hydrogen) atoms. The SMILES string of the molecule is CCOc1ccc(-c2nc(CC(=O)Nc3ccccc3SC(=O)N(C)C)cs2)cc1. The van der Waals surface area contributed by atoms with Gasteiger partial charge in [-0.25, -0.2) is 4.98 Å². The monoisotopic (exact) mass is 441 g/mol. The van der Waals surface area contributed by atoms with E-state index in [1.807, 2.05) is 54.8 Å². The Morgan fingerprint density at radius 2 is 1.87 bits per heavy atom. The van der Waals surface area contributed by atoms with Gasteiger partial charge in [-0.3, -0.25) is 9.59 Å². The van der Waals surface area contributed by atoms with Crippen molar-refractivity contribution in [2.45, 2.75) is 18.2 Å². The van der Waals surface area contributed by atoms with Crippen LogP contribution < -0.4 is 10.1 Å². The van der Waals surface area contributed by atoms with Crippen LogP contribution in [-0.2, 0) is 11.2 Å². The topological polar surface area (TPSA) is 71.5 Å². The van der Waals surface area contributed by atoms with E-state index in [2.05, 4.69) is 10.3 Å². The molecular weight excluding hydrogens is 418 g/mol. The molecule has 3 aromatic rings. The van der Waals surface area contributed by atoms with E-state index in [1.165, 1.54) is 16.2 Å². The van der Waals surface area contributed by atoms with Crippen LogP contribution in [0.5, 0.6) is 5.75 Å². The van der Waals surface area contributed by atoms with Crippen molar-refractivity contribution >= 4 is 39.9 Å². The number of ether oxygens (including phenoxy) is 1. The molecule has 0 spiro atoms. The summed E-state index contributed by atoms with van der Waals surface area (Å²) in [4.78, 5) is 31.3. The largest absolute Gasteiger partial charge is 0.494 e. The van der Waals surface area contributed by atoms with Crippen LogP contribution in [0.1, 0.15) is 12.6 Å². The van der Waals surface area contributed by atoms with Crippen molar-refractivity contribution in [3.8, 4) is 16.3 Å². The lowest BCUT2D eigenvalue weighted by Crippen LogP contribution is -2.18. The number of para-hydroxylation sites is 1. The fourth-order valence-corrected chi connectivity index (χ4v) is 4.16. The molecule has 0 bridgehead atoms. The molecule has 0 aliphatic carbocycles. The molecule has 1 N–H and O–H groups in total. The number of amides is 2. The summed E-state index contributed by atoms with van der Waals surface area (Å²) in [5, 5.41) is 5.54. The third kappa shape index (κ3) is 5.84. The molecule has 0 aliphatic rings. The molecule has 0 fully saturated rings. The lowest BCUT2D eigenvalue weighted by Gasteiger charge is -2.12. The molecule has 1 aromatic heterocycles. The molecule has 2 amide bonds. The second-order valence-corrected chi connectivity index (χ2v) is 8.44. The maximum atomic E-state index is 12.5. The molecule has 0 radical (unpaired) electrons. The number of rotatable bonds is 7. The Morgan fingerprint density at radius 1 is 1.13 bits per heavy atom. The van der Waals surface area contributed by atoms with E-state index >= 15 is 0 Å². The third-order valence-corrected chi connectivity index (χ3v) is 6.09. The van der Waals surface area contributed by atoms with Crippen molar-refractivity contribution < 1.29 is 14.3 Å². The fourth-order valence-electron chi connectivity index (χ4n) is 2.58. The summed E-state index contributed by atoms with van der Waals surface area (Å²) in [5.41, 5.74) is 2.31. The van der Waals surface area contributed by atoms with E-state index in [1.54, 1.807) is 20.2 Å². The van der Waals surface area contributed by atoms with E-state index in [-0.39, 0.29) is 17.6 Å². The van der Waals surface area contributed by atoms with Crippen molar-refractivity contribution in [2.24, 2.45) is 0 Å². The van der Waals surface area contributed by atoms with Crippen molar-refractivity contribution in [3.63, 3.8) is 0 Å². The van der Waals surface area contributed by atoms with Gasteiger partial charge in [0.15, 0.2) is 0 Å². The smallest absolute Gasteiger partial charge is 0.286 e. The Morgan fingerprint density at radius 3 is 2.57 bits per heavy atom. The molecule has 0 atom stereocenters. The zero-order valence-corrected chi connectivity index (χ0v) is 18.7. The minimum Gasteiger partial charge on any atom is -0.494 e. The van der Waals surface area contributed by atoms with Crippen LogP contribution in [0.4, 0.5) is 10.5 Å². The van der Waals surface area contributed by atoms with Gasteiger partial charge in [0.05, 0.1) is 24.4 Å². The highest BCUT2D eigenvalue weighted by Gasteiger charge is 2.14. The predicted octanol–water partition coefficient (Wildman–Crippen LogP) is 5.16. The first-order valence-electron chi connectivity index (χ1n) is 9.42. The molecule has 3 rings (SSSR count). The number of aromatic nitrogens is 1. The van der Waals surface area contributed by atoms with Crippen molar-refractivity contribution in [1.82, 2.24) is 9.88 Å². The molecule has 0 saturated heterocycles. The van der Waals surface area contributed by atoms with Crippen LogP contribution in [0.15, 0.2) is 58.8 Å². The molecule has 0 saturated carbocycles. The van der Waals surface area contributed by atoms with Gasteiger partial charge in [0.2, 0.25) is 5.91 Å². The van der Waals surface area contributed by atoms with E-state index in [0.717, 1.165) is 28.1 Å². The molecule has 1 heterocycles. The number of carbonyl (C=O) groups is 2. The zero-order chi connectivity index (χ0) is 21.5. The van der Waals surface area contributed by atoms with Crippen LogP contribution in [0, 0.1) is 0 Å². The number of thiazole rings is 1. The molecule has 8 heteroatoms. The number of benzene rings is 2. The summed E-state index contributed by atoms with van der Waals surface area (Å²) < 4.78 is 5.46. The standard InChI is InChI=1S/C22H23N3O3S2/c1-4-28-17-11-9-15(10-12-17)21-23-16(14-29-21)13-20(26)24-18-7-5-6-8-19(18)30-22(27)25(2)3/h5-12,14H,4,13H2,1-3H3,(H,24,26). The normalized spacial score (nSPS) is 10.5. The Labute approximate surface area is 184 Å². The van der Waals surface area contributed by atoms with Gasteiger partial charge in [0, 0.05) is 29.9 Å². The second kappa shape index (κ2) is 10.3. The summed E-state index contributed by atoms with van der Waals surface area (Å²) in [6.07, 6.45) is 0.161. The number of anilines is 1. The van der Waals surface area contributed by atoms with Gasteiger partial charge in [-0.05, 0) is 55.1 Å². The Bertz CT molecular complexity index is 1020. The second-order valence-electron chi connectivity index (χ2n) is 6.58. The lowest BCUT2D eigenvalue weighted by molar-refractivity contribution is -0.115. The first-order valence-corrected chi connectivity index (χ1v) is 11.1. The summed E-state index contributed by atoms with van der Waals surface area (Å²) in [6.45, 7) is 2.57. The van der Waals surface area contributed by atoms with Crippen molar-refractivity contribution in [1.29, 1.82) is 0 Å². The molecule has 0 unspecified atom stereocenters.